The summed E-state index contributed by atoms with van der Waals surface area (Å²) >= 11 is 2.39. The molecule has 2 rings (SSSR count). The molecule has 1 unspecified atom stereocenters. The van der Waals surface area contributed by atoms with Crippen LogP contribution < -0.4 is 0 Å². The Morgan fingerprint density at radius 3 is 2.83 bits per heavy atom. The van der Waals surface area contributed by atoms with Gasteiger partial charge in [0.25, 0.3) is 0 Å². The molecule has 0 spiro atoms. The highest BCUT2D eigenvalue weighted by Gasteiger charge is 2.41. The summed E-state index contributed by atoms with van der Waals surface area (Å²) in [6, 6.07) is 0. The van der Waals surface area contributed by atoms with Gasteiger partial charge in [-0.3, -0.25) is 0 Å². The van der Waals surface area contributed by atoms with Gasteiger partial charge in [0.2, 0.25) is 0 Å². The van der Waals surface area contributed by atoms with Gasteiger partial charge in [0.1, 0.15) is 0 Å². The molecule has 0 aromatic heterocycles. The normalized spacial score (nSPS) is 26.1. The zero-order valence-corrected chi connectivity index (χ0v) is 13.6. The average Bonchev–Trinajstić information content (AvgIpc) is 2.54. The van der Waals surface area contributed by atoms with Crippen LogP contribution >= 0.6 is 22.6 Å². The number of rotatable bonds is 3. The van der Waals surface area contributed by atoms with E-state index in [2.05, 4.69) is 80.3 Å². The molecule has 0 N–H and O–H groups in total. The van der Waals surface area contributed by atoms with E-state index < -0.39 is 0 Å². The topological polar surface area (TPSA) is 0 Å². The summed E-state index contributed by atoms with van der Waals surface area (Å²) in [5.41, 5.74) is 5.97. The van der Waals surface area contributed by atoms with Gasteiger partial charge in [-0.05, 0) is 24.5 Å². The minimum Gasteiger partial charge on any atom is -0.0987 e. The zero-order valence-electron chi connectivity index (χ0n) is 11.5. The molecule has 0 nitrogen and oxygen atoms in total. The van der Waals surface area contributed by atoms with Crippen LogP contribution in [0.15, 0.2) is 59.3 Å². The number of fused-ring (bicyclic) bond motifs is 1. The predicted octanol–water partition coefficient (Wildman–Crippen LogP) is 5.39. The van der Waals surface area contributed by atoms with Gasteiger partial charge in [-0.1, -0.05) is 84.5 Å². The fraction of sp³-hybridized carbons (Fsp3) is 0.412. The molecule has 0 saturated heterocycles. The van der Waals surface area contributed by atoms with Gasteiger partial charge < -0.3 is 0 Å². The molecule has 0 bridgehead atoms. The Morgan fingerprint density at radius 1 is 1.50 bits per heavy atom. The summed E-state index contributed by atoms with van der Waals surface area (Å²) in [4.78, 5) is 0. The highest BCUT2D eigenvalue weighted by Crippen LogP contribution is 2.53. The van der Waals surface area contributed by atoms with Gasteiger partial charge in [-0.2, -0.15) is 0 Å². The van der Waals surface area contributed by atoms with E-state index in [1.54, 1.807) is 5.57 Å². The molecule has 0 aromatic rings. The molecule has 18 heavy (non-hydrogen) atoms. The van der Waals surface area contributed by atoms with Gasteiger partial charge >= 0.3 is 0 Å². The van der Waals surface area contributed by atoms with Gasteiger partial charge in [0, 0.05) is 15.8 Å². The molecular weight excluding hydrogens is 331 g/mol. The third-order valence-electron chi connectivity index (χ3n) is 4.11. The van der Waals surface area contributed by atoms with Gasteiger partial charge in [-0.15, -0.1) is 0 Å². The summed E-state index contributed by atoms with van der Waals surface area (Å²) in [5.74, 6) is 0.566. The highest BCUT2D eigenvalue weighted by atomic mass is 127. The van der Waals surface area contributed by atoms with Crippen molar-refractivity contribution in [3.63, 3.8) is 0 Å². The van der Waals surface area contributed by atoms with Crippen molar-refractivity contribution >= 4 is 22.6 Å². The number of halogens is 1. The second-order valence-corrected chi connectivity index (χ2v) is 6.47. The van der Waals surface area contributed by atoms with Gasteiger partial charge in [-0.25, -0.2) is 0 Å². The van der Waals surface area contributed by atoms with Crippen LogP contribution in [-0.4, -0.2) is 4.43 Å². The Morgan fingerprint density at radius 2 is 2.22 bits per heavy atom. The molecule has 2 aliphatic rings. The van der Waals surface area contributed by atoms with Crippen LogP contribution in [0.3, 0.4) is 0 Å². The Balaban J connectivity index is 2.53. The molecular formula is C17H21I. The lowest BCUT2D eigenvalue weighted by molar-refractivity contribution is 0.527. The fourth-order valence-electron chi connectivity index (χ4n) is 3.20. The van der Waals surface area contributed by atoms with Crippen molar-refractivity contribution in [1.82, 2.24) is 0 Å². The first-order chi connectivity index (χ1) is 8.52. The Labute approximate surface area is 124 Å². The smallest absolute Gasteiger partial charge is 0.0179 e. The number of hydrogen-bond donors (Lipinski definition) is 0. The first kappa shape index (κ1) is 13.9. The van der Waals surface area contributed by atoms with E-state index in [1.165, 1.54) is 16.7 Å². The van der Waals surface area contributed by atoms with E-state index in [-0.39, 0.29) is 5.41 Å². The Kier molecular flexibility index (Phi) is 4.00. The van der Waals surface area contributed by atoms with Gasteiger partial charge in [0.15, 0.2) is 0 Å². The summed E-state index contributed by atoms with van der Waals surface area (Å²) in [6.45, 7) is 10.9. The van der Waals surface area contributed by atoms with E-state index in [9.17, 15) is 0 Å². The van der Waals surface area contributed by atoms with Crippen LogP contribution in [0.5, 0.6) is 0 Å². The van der Waals surface area contributed by atoms with Crippen LogP contribution in [0.4, 0.5) is 0 Å². The average molecular weight is 352 g/mol. The highest BCUT2D eigenvalue weighted by molar-refractivity contribution is 14.1. The molecule has 0 fully saturated rings. The van der Waals surface area contributed by atoms with Crippen molar-refractivity contribution in [1.29, 1.82) is 0 Å². The van der Waals surface area contributed by atoms with E-state index in [1.807, 2.05) is 0 Å². The van der Waals surface area contributed by atoms with Crippen molar-refractivity contribution in [3.8, 4) is 0 Å². The lowest BCUT2D eigenvalue weighted by atomic mass is 9.76. The number of allylic oxidation sites excluding steroid dienone is 9. The van der Waals surface area contributed by atoms with Crippen LogP contribution in [0.2, 0.25) is 0 Å². The molecule has 0 aliphatic heterocycles. The van der Waals surface area contributed by atoms with Crippen molar-refractivity contribution in [2.75, 3.05) is 4.43 Å². The summed E-state index contributed by atoms with van der Waals surface area (Å²) in [6.07, 6.45) is 12.5. The fourth-order valence-corrected chi connectivity index (χ4v) is 3.45. The van der Waals surface area contributed by atoms with E-state index in [0.717, 1.165) is 10.8 Å². The molecule has 2 aliphatic carbocycles. The summed E-state index contributed by atoms with van der Waals surface area (Å²) in [7, 11) is 0. The molecule has 0 heterocycles. The minimum atomic E-state index is 0.132. The molecule has 1 atom stereocenters. The van der Waals surface area contributed by atoms with Crippen molar-refractivity contribution in [2.24, 2.45) is 11.3 Å². The minimum absolute atomic E-state index is 0.132. The zero-order chi connectivity index (χ0) is 13.3. The summed E-state index contributed by atoms with van der Waals surface area (Å²) in [5, 5.41) is 0. The lowest BCUT2D eigenvalue weighted by Crippen LogP contribution is -2.16. The van der Waals surface area contributed by atoms with Crippen LogP contribution in [0.25, 0.3) is 0 Å². The standard InChI is InChI=1S/C17H21I/c1-5-15-13(7-6-10-18)14-9-8-12(2)11-16(14)17(15,3)4/h5-8,11,14H,1,9-10H2,2-4H3/b7-6-. The van der Waals surface area contributed by atoms with Crippen LogP contribution in [0, 0.1) is 11.3 Å². The number of alkyl halides is 1. The third kappa shape index (κ3) is 2.18. The second-order valence-electron chi connectivity index (χ2n) is 5.59. The van der Waals surface area contributed by atoms with Crippen molar-refractivity contribution in [3.05, 3.63) is 59.3 Å². The van der Waals surface area contributed by atoms with Crippen LogP contribution in [0.1, 0.15) is 27.2 Å². The van der Waals surface area contributed by atoms with Crippen LogP contribution in [-0.2, 0) is 0 Å². The Bertz CT molecular complexity index is 484. The first-order valence-electron chi connectivity index (χ1n) is 6.50. The SMILES string of the molecule is C=CC1=C(/C=C\CI)C2CC=C(C)C=C2C1(C)C. The molecule has 0 aromatic carbocycles. The van der Waals surface area contributed by atoms with Gasteiger partial charge in [0.05, 0.1) is 0 Å². The molecule has 0 radical (unpaired) electrons. The van der Waals surface area contributed by atoms with E-state index in [4.69, 9.17) is 0 Å². The second kappa shape index (κ2) is 5.20. The number of hydrogen-bond acceptors (Lipinski definition) is 0. The largest absolute Gasteiger partial charge is 0.0987 e. The van der Waals surface area contributed by atoms with E-state index >= 15 is 0 Å². The molecule has 0 saturated carbocycles. The Hall–Kier alpha value is -0.570. The quantitative estimate of drug-likeness (QED) is 0.472. The van der Waals surface area contributed by atoms with E-state index in [0.29, 0.717) is 5.92 Å². The lowest BCUT2D eigenvalue weighted by Gasteiger charge is -2.28. The maximum absolute atomic E-state index is 4.04. The molecule has 96 valence electrons. The molecule has 0 amide bonds. The third-order valence-corrected chi connectivity index (χ3v) is 4.61. The summed E-state index contributed by atoms with van der Waals surface area (Å²) < 4.78 is 1.06. The first-order valence-corrected chi connectivity index (χ1v) is 8.03. The maximum Gasteiger partial charge on any atom is 0.0179 e. The van der Waals surface area contributed by atoms with Crippen molar-refractivity contribution in [2.45, 2.75) is 27.2 Å². The predicted molar refractivity (Wildman–Crippen MR) is 89.0 cm³/mol. The molecule has 1 heteroatoms. The van der Waals surface area contributed by atoms with Crippen molar-refractivity contribution < 1.29 is 0 Å². The monoisotopic (exact) mass is 352 g/mol. The maximum atomic E-state index is 4.04.